The van der Waals surface area contributed by atoms with Gasteiger partial charge in [-0.05, 0) is 30.3 Å². The van der Waals surface area contributed by atoms with Crippen molar-refractivity contribution in [2.75, 3.05) is 19.5 Å². The van der Waals surface area contributed by atoms with Gasteiger partial charge >= 0.3 is 0 Å². The van der Waals surface area contributed by atoms with Gasteiger partial charge in [0.05, 0.1) is 19.9 Å². The predicted molar refractivity (Wildman–Crippen MR) is 85.8 cm³/mol. The molecule has 22 heavy (non-hydrogen) atoms. The fourth-order valence-corrected chi connectivity index (χ4v) is 2.45. The molecule has 0 saturated carbocycles. The number of amides is 1. The molecule has 3 rings (SSSR count). The normalized spacial score (nSPS) is 10.5. The summed E-state index contributed by atoms with van der Waals surface area (Å²) in [5.41, 5.74) is 2.07. The molecule has 1 aromatic heterocycles. The average molecular weight is 296 g/mol. The number of rotatable bonds is 4. The molecule has 0 aliphatic carbocycles. The lowest BCUT2D eigenvalue weighted by molar-refractivity contribution is 0.102. The van der Waals surface area contributed by atoms with Crippen molar-refractivity contribution in [2.45, 2.75) is 0 Å². The predicted octanol–water partition coefficient (Wildman–Crippen LogP) is 3.44. The molecule has 0 aliphatic rings. The number of ether oxygens (including phenoxy) is 2. The number of aromatic amines is 1. The van der Waals surface area contributed by atoms with Crippen LogP contribution < -0.4 is 14.8 Å². The number of hydrogen-bond acceptors (Lipinski definition) is 3. The maximum Gasteiger partial charge on any atom is 0.263 e. The van der Waals surface area contributed by atoms with Crippen LogP contribution in [-0.4, -0.2) is 25.1 Å². The van der Waals surface area contributed by atoms with Crippen LogP contribution in [0, 0.1) is 0 Å². The summed E-state index contributed by atoms with van der Waals surface area (Å²) in [6, 6.07) is 12.9. The molecule has 5 nitrogen and oxygen atoms in total. The fraction of sp³-hybridized carbons (Fsp3) is 0.118. The van der Waals surface area contributed by atoms with Crippen LogP contribution in [0.5, 0.6) is 11.5 Å². The topological polar surface area (TPSA) is 63.4 Å². The minimum Gasteiger partial charge on any atom is -0.496 e. The van der Waals surface area contributed by atoms with Crippen LogP contribution in [0.2, 0.25) is 0 Å². The van der Waals surface area contributed by atoms with E-state index in [1.54, 1.807) is 18.2 Å². The van der Waals surface area contributed by atoms with Crippen molar-refractivity contribution < 1.29 is 14.3 Å². The second-order valence-electron chi connectivity index (χ2n) is 4.74. The first kappa shape index (κ1) is 14.0. The summed E-state index contributed by atoms with van der Waals surface area (Å²) in [5.74, 6) is 0.666. The van der Waals surface area contributed by atoms with Gasteiger partial charge in [-0.15, -0.1) is 0 Å². The Morgan fingerprint density at radius 2 is 1.68 bits per heavy atom. The number of benzene rings is 2. The zero-order valence-electron chi connectivity index (χ0n) is 12.3. The van der Waals surface area contributed by atoms with Crippen molar-refractivity contribution in [1.29, 1.82) is 0 Å². The summed E-state index contributed by atoms with van der Waals surface area (Å²) in [6.45, 7) is 0. The molecule has 0 fully saturated rings. The quantitative estimate of drug-likeness (QED) is 0.775. The summed E-state index contributed by atoms with van der Waals surface area (Å²) < 4.78 is 10.5. The molecule has 0 spiro atoms. The van der Waals surface area contributed by atoms with Gasteiger partial charge in [0.2, 0.25) is 0 Å². The fourth-order valence-electron chi connectivity index (χ4n) is 2.45. The van der Waals surface area contributed by atoms with Gasteiger partial charge in [0.1, 0.15) is 17.1 Å². The molecule has 2 N–H and O–H groups in total. The first-order chi connectivity index (χ1) is 10.7. The van der Waals surface area contributed by atoms with Gasteiger partial charge in [0, 0.05) is 17.1 Å². The van der Waals surface area contributed by atoms with E-state index in [0.29, 0.717) is 17.1 Å². The Morgan fingerprint density at radius 3 is 2.36 bits per heavy atom. The smallest absolute Gasteiger partial charge is 0.263 e. The van der Waals surface area contributed by atoms with E-state index in [9.17, 15) is 4.79 Å². The van der Waals surface area contributed by atoms with E-state index in [1.807, 2.05) is 30.5 Å². The summed E-state index contributed by atoms with van der Waals surface area (Å²) in [4.78, 5) is 15.8. The van der Waals surface area contributed by atoms with Crippen LogP contribution in [0.1, 0.15) is 10.4 Å². The number of methoxy groups -OCH3 is 2. The third kappa shape index (κ3) is 2.37. The third-order valence-electron chi connectivity index (χ3n) is 3.50. The second kappa shape index (κ2) is 5.81. The van der Waals surface area contributed by atoms with E-state index >= 15 is 0 Å². The van der Waals surface area contributed by atoms with Crippen molar-refractivity contribution in [1.82, 2.24) is 4.98 Å². The van der Waals surface area contributed by atoms with E-state index in [4.69, 9.17) is 9.47 Å². The number of carbonyl (C=O) groups excluding carboxylic acids is 1. The van der Waals surface area contributed by atoms with Gasteiger partial charge in [0.15, 0.2) is 0 Å². The van der Waals surface area contributed by atoms with Crippen molar-refractivity contribution in [3.05, 3.63) is 54.2 Å². The molecular formula is C17H16N2O3. The number of nitrogens with one attached hydrogen (secondary N) is 2. The highest BCUT2D eigenvalue weighted by Crippen LogP contribution is 2.30. The maximum atomic E-state index is 12.7. The van der Waals surface area contributed by atoms with Crippen molar-refractivity contribution in [2.24, 2.45) is 0 Å². The molecule has 1 amide bonds. The van der Waals surface area contributed by atoms with Crippen molar-refractivity contribution in [3.63, 3.8) is 0 Å². The van der Waals surface area contributed by atoms with Crippen LogP contribution in [0.4, 0.5) is 5.69 Å². The number of aromatic nitrogens is 1. The molecule has 5 heteroatoms. The molecule has 0 aliphatic heterocycles. The Labute approximate surface area is 127 Å². The standard InChI is InChI=1S/C17H16N2O3/c1-21-14-7-4-8-15(22-2)16(14)17(20)19-13-6-3-5-12-11(13)9-10-18-12/h3-10,18H,1-2H3,(H,19,20). The Kier molecular flexibility index (Phi) is 3.70. The molecule has 0 unspecified atom stereocenters. The molecule has 0 saturated heterocycles. The number of H-pyrrole nitrogens is 1. The number of fused-ring (bicyclic) bond motifs is 1. The average Bonchev–Trinajstić information content (AvgIpc) is 3.03. The van der Waals surface area contributed by atoms with Gasteiger partial charge in [-0.25, -0.2) is 0 Å². The summed E-state index contributed by atoms with van der Waals surface area (Å²) in [7, 11) is 3.05. The lowest BCUT2D eigenvalue weighted by Gasteiger charge is -2.13. The summed E-state index contributed by atoms with van der Waals surface area (Å²) in [5, 5.41) is 3.87. The van der Waals surface area contributed by atoms with Crippen molar-refractivity contribution in [3.8, 4) is 11.5 Å². The minimum atomic E-state index is -0.275. The first-order valence-corrected chi connectivity index (χ1v) is 6.83. The van der Waals surface area contributed by atoms with Crippen molar-refractivity contribution >= 4 is 22.5 Å². The van der Waals surface area contributed by atoms with Crippen LogP contribution in [0.3, 0.4) is 0 Å². The van der Waals surface area contributed by atoms with E-state index in [-0.39, 0.29) is 5.91 Å². The Bertz CT molecular complexity index is 801. The van der Waals surface area contributed by atoms with E-state index in [1.165, 1.54) is 14.2 Å². The van der Waals surface area contributed by atoms with Gasteiger partial charge < -0.3 is 19.8 Å². The van der Waals surface area contributed by atoms with E-state index in [0.717, 1.165) is 16.6 Å². The van der Waals surface area contributed by atoms with Crippen LogP contribution in [-0.2, 0) is 0 Å². The van der Waals surface area contributed by atoms with Crippen LogP contribution in [0.25, 0.3) is 10.9 Å². The monoisotopic (exact) mass is 296 g/mol. The number of hydrogen-bond donors (Lipinski definition) is 2. The molecule has 0 atom stereocenters. The van der Waals surface area contributed by atoms with E-state index < -0.39 is 0 Å². The highest BCUT2D eigenvalue weighted by Gasteiger charge is 2.19. The largest absolute Gasteiger partial charge is 0.496 e. The van der Waals surface area contributed by atoms with Crippen LogP contribution >= 0.6 is 0 Å². The molecule has 112 valence electrons. The van der Waals surface area contributed by atoms with Gasteiger partial charge in [-0.2, -0.15) is 0 Å². The van der Waals surface area contributed by atoms with Gasteiger partial charge in [-0.3, -0.25) is 4.79 Å². The Morgan fingerprint density at radius 1 is 1.00 bits per heavy atom. The molecule has 0 radical (unpaired) electrons. The first-order valence-electron chi connectivity index (χ1n) is 6.83. The zero-order chi connectivity index (χ0) is 15.5. The van der Waals surface area contributed by atoms with E-state index in [2.05, 4.69) is 10.3 Å². The summed E-state index contributed by atoms with van der Waals surface area (Å²) in [6.07, 6.45) is 1.84. The highest BCUT2D eigenvalue weighted by atomic mass is 16.5. The number of anilines is 1. The molecular weight excluding hydrogens is 280 g/mol. The lowest BCUT2D eigenvalue weighted by Crippen LogP contribution is -2.14. The maximum absolute atomic E-state index is 12.7. The molecule has 1 heterocycles. The minimum absolute atomic E-state index is 0.275. The van der Waals surface area contributed by atoms with Gasteiger partial charge in [-0.1, -0.05) is 12.1 Å². The number of carbonyl (C=O) groups is 1. The second-order valence-corrected chi connectivity index (χ2v) is 4.74. The molecule has 2 aromatic carbocycles. The Hall–Kier alpha value is -2.95. The summed E-state index contributed by atoms with van der Waals surface area (Å²) >= 11 is 0. The zero-order valence-corrected chi connectivity index (χ0v) is 12.3. The van der Waals surface area contributed by atoms with Gasteiger partial charge in [0.25, 0.3) is 5.91 Å². The molecule has 0 bridgehead atoms. The lowest BCUT2D eigenvalue weighted by atomic mass is 10.1. The third-order valence-corrected chi connectivity index (χ3v) is 3.50. The van der Waals surface area contributed by atoms with Crippen LogP contribution in [0.15, 0.2) is 48.7 Å². The highest BCUT2D eigenvalue weighted by molar-refractivity contribution is 6.11. The SMILES string of the molecule is COc1cccc(OC)c1C(=O)Nc1cccc2[nH]ccc12. The Balaban J connectivity index is 2.00. The molecule has 3 aromatic rings.